The minimum Gasteiger partial charge on any atom is -0.478 e. The van der Waals surface area contributed by atoms with E-state index in [4.69, 9.17) is 20.4 Å². The molecule has 3 aromatic rings. The summed E-state index contributed by atoms with van der Waals surface area (Å²) in [5.74, 6) is -2.64. The molecule has 0 aliphatic carbocycles. The van der Waals surface area contributed by atoms with E-state index in [1.54, 1.807) is 105 Å². The fourth-order valence-corrected chi connectivity index (χ4v) is 1.74. The summed E-state index contributed by atoms with van der Waals surface area (Å²) in [7, 11) is 0. The van der Waals surface area contributed by atoms with Gasteiger partial charge >= 0.3 is 17.9 Å². The summed E-state index contributed by atoms with van der Waals surface area (Å²) >= 11 is 0. The maximum atomic E-state index is 10.2. The van der Waals surface area contributed by atoms with E-state index < -0.39 is 17.9 Å². The van der Waals surface area contributed by atoms with Crippen LogP contribution in [0.15, 0.2) is 91.0 Å². The monoisotopic (exact) mass is 426 g/mol. The first-order valence-corrected chi connectivity index (χ1v) is 9.18. The fraction of sp³-hybridized carbons (Fsp3) is 0.125. The lowest BCUT2D eigenvalue weighted by atomic mass is 10.2. The van der Waals surface area contributed by atoms with Gasteiger partial charge in [-0.1, -0.05) is 54.6 Å². The van der Waals surface area contributed by atoms with Gasteiger partial charge in [-0.15, -0.1) is 0 Å². The van der Waals surface area contributed by atoms with Crippen LogP contribution in [-0.2, 0) is 0 Å². The number of benzene rings is 3. The molecule has 0 aromatic heterocycles. The zero-order chi connectivity index (χ0) is 23.6. The third-order valence-electron chi connectivity index (χ3n) is 3.06. The molecule has 0 aliphatic rings. The second-order valence-corrected chi connectivity index (χ2v) is 6.11. The Balaban J connectivity index is 0.000000402. The van der Waals surface area contributed by atoms with E-state index in [9.17, 15) is 14.4 Å². The average molecular weight is 426 g/mol. The zero-order valence-electron chi connectivity index (χ0n) is 17.3. The van der Waals surface area contributed by atoms with Crippen molar-refractivity contribution in [3.8, 4) is 0 Å². The number of rotatable bonds is 3. The Morgan fingerprint density at radius 1 is 0.516 bits per heavy atom. The predicted octanol–water partition coefficient (Wildman–Crippen LogP) is 4.54. The van der Waals surface area contributed by atoms with Crippen LogP contribution in [0.1, 0.15) is 44.9 Å². The van der Waals surface area contributed by atoms with E-state index in [0.717, 1.165) is 0 Å². The molecule has 31 heavy (non-hydrogen) atoms. The molecular weight excluding hydrogens is 400 g/mol. The van der Waals surface area contributed by atoms with Crippen molar-refractivity contribution in [3.05, 3.63) is 108 Å². The van der Waals surface area contributed by atoms with E-state index in [0.29, 0.717) is 16.7 Å². The molecule has 0 heterocycles. The van der Waals surface area contributed by atoms with Crippen molar-refractivity contribution in [1.82, 2.24) is 0 Å². The molecule has 0 unspecified atom stereocenters. The van der Waals surface area contributed by atoms with Gasteiger partial charge in [0.25, 0.3) is 0 Å². The minimum atomic E-state index is -0.879. The summed E-state index contributed by atoms with van der Waals surface area (Å²) in [4.78, 5) is 30.6. The number of carboxylic acids is 3. The number of carboxylic acid groups (broad SMARTS) is 3. The van der Waals surface area contributed by atoms with Gasteiger partial charge in [0.05, 0.1) is 16.7 Å². The predicted molar refractivity (Wildman–Crippen MR) is 118 cm³/mol. The molecular formula is C24H26O7. The molecule has 3 aromatic carbocycles. The van der Waals surface area contributed by atoms with Crippen molar-refractivity contribution in [2.24, 2.45) is 0 Å². The van der Waals surface area contributed by atoms with E-state index >= 15 is 0 Å². The fourth-order valence-electron chi connectivity index (χ4n) is 1.74. The van der Waals surface area contributed by atoms with Crippen molar-refractivity contribution in [1.29, 1.82) is 0 Å². The topological polar surface area (TPSA) is 132 Å². The third kappa shape index (κ3) is 14.7. The van der Waals surface area contributed by atoms with Gasteiger partial charge < -0.3 is 20.4 Å². The van der Waals surface area contributed by atoms with Gasteiger partial charge in [-0.2, -0.15) is 0 Å². The van der Waals surface area contributed by atoms with Gasteiger partial charge in [-0.25, -0.2) is 14.4 Å². The lowest BCUT2D eigenvalue weighted by Crippen LogP contribution is -1.93. The van der Waals surface area contributed by atoms with Gasteiger partial charge in [0.1, 0.15) is 0 Å². The molecule has 4 N–H and O–H groups in total. The maximum absolute atomic E-state index is 10.2. The van der Waals surface area contributed by atoms with E-state index in [1.165, 1.54) is 0 Å². The van der Waals surface area contributed by atoms with Crippen LogP contribution >= 0.6 is 0 Å². The smallest absolute Gasteiger partial charge is 0.335 e. The summed E-state index contributed by atoms with van der Waals surface area (Å²) in [5.41, 5.74) is 0.993. The van der Waals surface area contributed by atoms with Crippen LogP contribution in [0, 0.1) is 0 Å². The van der Waals surface area contributed by atoms with Crippen LogP contribution in [0.5, 0.6) is 0 Å². The number of aliphatic hydroxyl groups excluding tert-OH is 1. The molecule has 0 aliphatic heterocycles. The average Bonchev–Trinajstić information content (AvgIpc) is 2.76. The SMILES string of the molecule is CC(C)O.O=C(O)c1ccccc1.O=C(O)c1ccccc1.O=C(O)c1ccccc1. The standard InChI is InChI=1S/3C7H6O2.C3H8O/c3*8-7(9)6-4-2-1-3-5-6;1-3(2)4/h3*1-5H,(H,8,9);3-4H,1-2H3. The first kappa shape index (κ1) is 27.0. The summed E-state index contributed by atoms with van der Waals surface area (Å²) in [6.07, 6.45) is -0.167. The maximum Gasteiger partial charge on any atom is 0.335 e. The Kier molecular flexibility index (Phi) is 13.9. The van der Waals surface area contributed by atoms with Crippen molar-refractivity contribution >= 4 is 17.9 Å². The van der Waals surface area contributed by atoms with Crippen molar-refractivity contribution in [2.45, 2.75) is 20.0 Å². The second-order valence-electron chi connectivity index (χ2n) is 6.11. The van der Waals surface area contributed by atoms with Crippen LogP contribution in [0.25, 0.3) is 0 Å². The molecule has 7 nitrogen and oxygen atoms in total. The van der Waals surface area contributed by atoms with Crippen LogP contribution < -0.4 is 0 Å². The van der Waals surface area contributed by atoms with Gasteiger partial charge in [-0.3, -0.25) is 0 Å². The first-order chi connectivity index (χ1) is 14.6. The molecule has 0 fully saturated rings. The quantitative estimate of drug-likeness (QED) is 0.483. The summed E-state index contributed by atoms with van der Waals surface area (Å²) in [5, 5.41) is 33.2. The van der Waals surface area contributed by atoms with Crippen LogP contribution in [-0.4, -0.2) is 44.4 Å². The lowest BCUT2D eigenvalue weighted by Gasteiger charge is -1.88. The Hall–Kier alpha value is -3.97. The summed E-state index contributed by atoms with van der Waals surface area (Å²) in [6.45, 7) is 3.44. The molecule has 0 spiro atoms. The number of hydrogen-bond donors (Lipinski definition) is 4. The van der Waals surface area contributed by atoms with Crippen molar-refractivity contribution in [3.63, 3.8) is 0 Å². The van der Waals surface area contributed by atoms with Gasteiger partial charge in [-0.05, 0) is 50.2 Å². The summed E-state index contributed by atoms with van der Waals surface area (Å²) in [6, 6.07) is 24.9. The number of carbonyl (C=O) groups is 3. The number of hydrogen-bond acceptors (Lipinski definition) is 4. The van der Waals surface area contributed by atoms with E-state index in [2.05, 4.69) is 0 Å². The van der Waals surface area contributed by atoms with Crippen molar-refractivity contribution < 1.29 is 34.8 Å². The van der Waals surface area contributed by atoms with Crippen LogP contribution in [0.3, 0.4) is 0 Å². The third-order valence-corrected chi connectivity index (χ3v) is 3.06. The molecule has 164 valence electrons. The lowest BCUT2D eigenvalue weighted by molar-refractivity contribution is 0.0686. The highest BCUT2D eigenvalue weighted by Gasteiger charge is 1.98. The Morgan fingerprint density at radius 3 is 0.774 bits per heavy atom. The second kappa shape index (κ2) is 15.9. The molecule has 0 bridgehead atoms. The van der Waals surface area contributed by atoms with E-state index in [-0.39, 0.29) is 6.10 Å². The highest BCUT2D eigenvalue weighted by molar-refractivity contribution is 5.88. The Morgan fingerprint density at radius 2 is 0.677 bits per heavy atom. The van der Waals surface area contributed by atoms with Crippen LogP contribution in [0.2, 0.25) is 0 Å². The van der Waals surface area contributed by atoms with Crippen LogP contribution in [0.4, 0.5) is 0 Å². The molecule has 0 saturated heterocycles. The highest BCUT2D eigenvalue weighted by Crippen LogP contribution is 1.97. The normalized spacial score (nSPS) is 8.90. The number of aromatic carboxylic acids is 3. The van der Waals surface area contributed by atoms with Gasteiger partial charge in [0, 0.05) is 6.10 Å². The van der Waals surface area contributed by atoms with E-state index in [1.807, 2.05) is 0 Å². The molecule has 0 amide bonds. The van der Waals surface area contributed by atoms with Gasteiger partial charge in [0.2, 0.25) is 0 Å². The number of aliphatic hydroxyl groups is 1. The van der Waals surface area contributed by atoms with Crippen molar-refractivity contribution in [2.75, 3.05) is 0 Å². The molecule has 7 heteroatoms. The van der Waals surface area contributed by atoms with Gasteiger partial charge in [0.15, 0.2) is 0 Å². The summed E-state index contributed by atoms with van der Waals surface area (Å²) < 4.78 is 0. The molecule has 0 saturated carbocycles. The molecule has 0 radical (unpaired) electrons. The highest BCUT2D eigenvalue weighted by atomic mass is 16.4. The molecule has 3 rings (SSSR count). The first-order valence-electron chi connectivity index (χ1n) is 9.18. The Bertz CT molecular complexity index is 773. The largest absolute Gasteiger partial charge is 0.478 e. The zero-order valence-corrected chi connectivity index (χ0v) is 17.3. The minimum absolute atomic E-state index is 0.167. The Labute approximate surface area is 180 Å². The molecule has 0 atom stereocenters.